The number of anilines is 1. The van der Waals surface area contributed by atoms with Crippen molar-refractivity contribution >= 4 is 17.5 Å². The first-order valence-electron chi connectivity index (χ1n) is 7.46. The first-order valence-corrected chi connectivity index (χ1v) is 7.46. The summed E-state index contributed by atoms with van der Waals surface area (Å²) in [5, 5.41) is 2.56. The van der Waals surface area contributed by atoms with E-state index < -0.39 is 11.8 Å². The van der Waals surface area contributed by atoms with Crippen LogP contribution < -0.4 is 16.8 Å². The van der Waals surface area contributed by atoms with E-state index in [1.807, 2.05) is 27.7 Å². The molecule has 0 aliphatic rings. The maximum atomic E-state index is 12.0. The van der Waals surface area contributed by atoms with Gasteiger partial charge in [0.15, 0.2) is 0 Å². The average Bonchev–Trinajstić information content (AvgIpc) is 2.59. The molecule has 0 radical (unpaired) electrons. The van der Waals surface area contributed by atoms with Crippen molar-refractivity contribution < 1.29 is 9.59 Å². The van der Waals surface area contributed by atoms with Crippen LogP contribution in [0.2, 0.25) is 0 Å². The summed E-state index contributed by atoms with van der Waals surface area (Å²) in [6.07, 6.45) is 2.66. The highest BCUT2D eigenvalue weighted by Crippen LogP contribution is 2.16. The molecule has 1 aromatic carbocycles. The Hall–Kier alpha value is -2.82. The molecule has 5 heteroatoms. The zero-order chi connectivity index (χ0) is 18.4. The summed E-state index contributed by atoms with van der Waals surface area (Å²) in [5.74, 6) is -1.11. The summed E-state index contributed by atoms with van der Waals surface area (Å²) >= 11 is 0. The van der Waals surface area contributed by atoms with Gasteiger partial charge in [0.25, 0.3) is 11.8 Å². The third-order valence-electron chi connectivity index (χ3n) is 2.42. The van der Waals surface area contributed by atoms with E-state index >= 15 is 0 Å². The molecule has 1 rings (SSSR count). The minimum Gasteiger partial charge on any atom is -0.398 e. The molecule has 0 spiro atoms. The monoisotopic (exact) mass is 317 g/mol. The summed E-state index contributed by atoms with van der Waals surface area (Å²) < 4.78 is 0. The van der Waals surface area contributed by atoms with Crippen LogP contribution in [-0.2, 0) is 4.79 Å². The van der Waals surface area contributed by atoms with E-state index in [4.69, 9.17) is 11.5 Å². The van der Waals surface area contributed by atoms with Gasteiger partial charge in [-0.1, -0.05) is 59.1 Å². The second-order valence-corrected chi connectivity index (χ2v) is 3.64. The fraction of sp³-hybridized carbons (Fsp3) is 0.222. The van der Waals surface area contributed by atoms with Gasteiger partial charge in [-0.2, -0.15) is 0 Å². The molecule has 1 aromatic rings. The quantitative estimate of drug-likeness (QED) is 0.573. The average molecular weight is 317 g/mol. The molecule has 2 amide bonds. The van der Waals surface area contributed by atoms with E-state index in [-0.39, 0.29) is 16.8 Å². The first-order chi connectivity index (χ1) is 11.0. The number of carbonyl (C=O) groups is 2. The fourth-order valence-electron chi connectivity index (χ4n) is 1.45. The molecule has 0 fully saturated rings. The molecule has 0 heterocycles. The molecular formula is C18H27N3O2. The summed E-state index contributed by atoms with van der Waals surface area (Å²) in [6, 6.07) is 6.42. The predicted octanol–water partition coefficient (Wildman–Crippen LogP) is 3.36. The molecule has 0 aliphatic heterocycles. The highest BCUT2D eigenvalue weighted by Gasteiger charge is 2.13. The molecule has 126 valence electrons. The zero-order valence-corrected chi connectivity index (χ0v) is 14.3. The minimum absolute atomic E-state index is 0.175. The first kappa shape index (κ1) is 22.5. The van der Waals surface area contributed by atoms with E-state index in [0.29, 0.717) is 5.69 Å². The highest BCUT2D eigenvalue weighted by molar-refractivity contribution is 6.10. The molecule has 0 saturated heterocycles. The smallest absolute Gasteiger partial charge is 0.257 e. The van der Waals surface area contributed by atoms with Crippen LogP contribution in [0.25, 0.3) is 0 Å². The lowest BCUT2D eigenvalue weighted by molar-refractivity contribution is -0.112. The van der Waals surface area contributed by atoms with E-state index in [2.05, 4.69) is 18.5 Å². The summed E-state index contributed by atoms with van der Waals surface area (Å²) in [5.41, 5.74) is 11.7. The standard InChI is InChI=1S/C14H15N3O2.2C2H6/c1-3-9(11(15)4-2)14(19)17-12-8-6-5-7-10(12)13(16)18;2*1-2/h3-8H,1-2,15H2,(H2,16,18)(H,17,19);2*1-2H3/b11-9-;;. The lowest BCUT2D eigenvalue weighted by atomic mass is 10.1. The topological polar surface area (TPSA) is 98.2 Å². The Labute approximate surface area is 138 Å². The third kappa shape index (κ3) is 7.13. The van der Waals surface area contributed by atoms with Crippen molar-refractivity contribution in [2.45, 2.75) is 27.7 Å². The Balaban J connectivity index is 0. The predicted molar refractivity (Wildman–Crippen MR) is 97.9 cm³/mol. The zero-order valence-electron chi connectivity index (χ0n) is 14.3. The van der Waals surface area contributed by atoms with Crippen LogP contribution in [0.15, 0.2) is 60.8 Å². The summed E-state index contributed by atoms with van der Waals surface area (Å²) in [6.45, 7) is 15.0. The lowest BCUT2D eigenvalue weighted by Gasteiger charge is -2.10. The van der Waals surface area contributed by atoms with Gasteiger partial charge >= 0.3 is 0 Å². The van der Waals surface area contributed by atoms with Crippen molar-refractivity contribution in [3.63, 3.8) is 0 Å². The molecule has 0 aromatic heterocycles. The molecule has 0 aliphatic carbocycles. The van der Waals surface area contributed by atoms with E-state index in [9.17, 15) is 9.59 Å². The van der Waals surface area contributed by atoms with Gasteiger partial charge in [-0.25, -0.2) is 0 Å². The maximum Gasteiger partial charge on any atom is 0.257 e. The number of nitrogens with one attached hydrogen (secondary N) is 1. The number of para-hydroxylation sites is 1. The molecule has 5 N–H and O–H groups in total. The van der Waals surface area contributed by atoms with Crippen molar-refractivity contribution in [2.75, 3.05) is 5.32 Å². The molecule has 5 nitrogen and oxygen atoms in total. The largest absolute Gasteiger partial charge is 0.398 e. The Morgan fingerprint density at radius 1 is 1.00 bits per heavy atom. The van der Waals surface area contributed by atoms with Gasteiger partial charge in [-0.05, 0) is 18.2 Å². The number of rotatable bonds is 5. The van der Waals surface area contributed by atoms with Crippen LogP contribution in [0.1, 0.15) is 38.1 Å². The Morgan fingerprint density at radius 3 is 1.96 bits per heavy atom. The Morgan fingerprint density at radius 2 is 1.52 bits per heavy atom. The Kier molecular flexibility index (Phi) is 12.6. The number of amides is 2. The number of nitrogens with two attached hydrogens (primary N) is 2. The van der Waals surface area contributed by atoms with Gasteiger partial charge in [0.2, 0.25) is 0 Å². The van der Waals surface area contributed by atoms with Crippen molar-refractivity contribution in [1.29, 1.82) is 0 Å². The number of allylic oxidation sites excluding steroid dienone is 1. The van der Waals surface area contributed by atoms with Crippen LogP contribution >= 0.6 is 0 Å². The normalized spacial score (nSPS) is 9.74. The van der Waals surface area contributed by atoms with Crippen LogP contribution in [0, 0.1) is 0 Å². The molecule has 23 heavy (non-hydrogen) atoms. The number of primary amides is 1. The Bertz CT molecular complexity index is 575. The fourth-order valence-corrected chi connectivity index (χ4v) is 1.45. The number of hydrogen-bond donors (Lipinski definition) is 3. The highest BCUT2D eigenvalue weighted by atomic mass is 16.2. The van der Waals surface area contributed by atoms with Gasteiger partial charge < -0.3 is 16.8 Å². The second kappa shape index (κ2) is 12.9. The number of carbonyl (C=O) groups excluding carboxylic acids is 2. The molecule has 0 unspecified atom stereocenters. The van der Waals surface area contributed by atoms with Crippen LogP contribution in [0.4, 0.5) is 5.69 Å². The molecule has 0 saturated carbocycles. The van der Waals surface area contributed by atoms with Crippen molar-refractivity contribution in [3.8, 4) is 0 Å². The SMILES string of the molecule is C=C/C(N)=C(\C=C)C(=O)Nc1ccccc1C(N)=O.CC.CC. The van der Waals surface area contributed by atoms with Crippen LogP contribution in [0.3, 0.4) is 0 Å². The van der Waals surface area contributed by atoms with Crippen molar-refractivity contribution in [2.24, 2.45) is 11.5 Å². The molecule has 0 atom stereocenters. The minimum atomic E-state index is -0.628. The molecule has 0 bridgehead atoms. The third-order valence-corrected chi connectivity index (χ3v) is 2.42. The lowest BCUT2D eigenvalue weighted by Crippen LogP contribution is -2.20. The van der Waals surface area contributed by atoms with Gasteiger partial charge in [-0.15, -0.1) is 0 Å². The summed E-state index contributed by atoms with van der Waals surface area (Å²) in [7, 11) is 0. The summed E-state index contributed by atoms with van der Waals surface area (Å²) in [4.78, 5) is 23.2. The van der Waals surface area contributed by atoms with Gasteiger partial charge in [0, 0.05) is 5.70 Å². The van der Waals surface area contributed by atoms with E-state index in [1.165, 1.54) is 18.2 Å². The van der Waals surface area contributed by atoms with Crippen LogP contribution in [0.5, 0.6) is 0 Å². The van der Waals surface area contributed by atoms with Crippen LogP contribution in [-0.4, -0.2) is 11.8 Å². The van der Waals surface area contributed by atoms with Gasteiger partial charge in [0.1, 0.15) is 0 Å². The van der Waals surface area contributed by atoms with Crippen molar-refractivity contribution in [3.05, 3.63) is 66.4 Å². The van der Waals surface area contributed by atoms with E-state index in [1.54, 1.807) is 18.2 Å². The van der Waals surface area contributed by atoms with Gasteiger partial charge in [0.05, 0.1) is 16.8 Å². The number of benzene rings is 1. The van der Waals surface area contributed by atoms with Gasteiger partial charge in [-0.3, -0.25) is 9.59 Å². The maximum absolute atomic E-state index is 12.0. The second-order valence-electron chi connectivity index (χ2n) is 3.64. The van der Waals surface area contributed by atoms with Crippen molar-refractivity contribution in [1.82, 2.24) is 0 Å². The molecular weight excluding hydrogens is 290 g/mol. The number of hydrogen-bond acceptors (Lipinski definition) is 3. The van der Waals surface area contributed by atoms with E-state index in [0.717, 1.165) is 0 Å².